The Morgan fingerprint density at radius 1 is 1.67 bits per heavy atom. The molecular formula is C10H14BrN3O. The van der Waals surface area contributed by atoms with E-state index in [1.165, 1.54) is 0 Å². The number of alkyl halides is 1. The van der Waals surface area contributed by atoms with Gasteiger partial charge in [0.25, 0.3) is 5.56 Å². The van der Waals surface area contributed by atoms with Gasteiger partial charge in [-0.25, -0.2) is 4.98 Å². The molecule has 1 fully saturated rings. The van der Waals surface area contributed by atoms with Crippen LogP contribution in [0.3, 0.4) is 0 Å². The molecule has 5 heteroatoms. The topological polar surface area (TPSA) is 49.0 Å². The van der Waals surface area contributed by atoms with Crippen molar-refractivity contribution in [2.75, 3.05) is 11.4 Å². The molecule has 0 radical (unpaired) electrons. The Morgan fingerprint density at radius 2 is 2.47 bits per heavy atom. The zero-order valence-corrected chi connectivity index (χ0v) is 10.2. The number of nitrogens with zero attached hydrogens (tertiary/aromatic N) is 2. The normalized spacial score (nSPS) is 26.7. The van der Waals surface area contributed by atoms with Gasteiger partial charge in [0.2, 0.25) is 0 Å². The lowest BCUT2D eigenvalue weighted by Gasteiger charge is -2.37. The number of halogens is 1. The van der Waals surface area contributed by atoms with Crippen LogP contribution in [0.4, 0.5) is 5.82 Å². The fourth-order valence-corrected chi connectivity index (χ4v) is 2.55. The molecule has 82 valence electrons. The molecule has 1 N–H and O–H groups in total. The molecular weight excluding hydrogens is 258 g/mol. The fourth-order valence-electron chi connectivity index (χ4n) is 1.94. The monoisotopic (exact) mass is 271 g/mol. The summed E-state index contributed by atoms with van der Waals surface area (Å²) < 4.78 is 0. The number of aromatic amines is 1. The maximum absolute atomic E-state index is 11.6. The van der Waals surface area contributed by atoms with Gasteiger partial charge in [-0.15, -0.1) is 0 Å². The number of nitrogens with one attached hydrogen (secondary N) is 1. The minimum atomic E-state index is -0.106. The average molecular weight is 272 g/mol. The Balaban J connectivity index is 2.30. The average Bonchev–Trinajstić information content (AvgIpc) is 2.23. The summed E-state index contributed by atoms with van der Waals surface area (Å²) in [5, 5.41) is 0. The highest BCUT2D eigenvalue weighted by molar-refractivity contribution is 9.09. The molecule has 1 aliphatic rings. The van der Waals surface area contributed by atoms with Gasteiger partial charge in [0.05, 0.1) is 0 Å². The minimum absolute atomic E-state index is 0.106. The second kappa shape index (κ2) is 4.35. The first-order valence-corrected chi connectivity index (χ1v) is 6.06. The summed E-state index contributed by atoms with van der Waals surface area (Å²) in [5.41, 5.74) is -0.106. The van der Waals surface area contributed by atoms with Gasteiger partial charge in [0.15, 0.2) is 5.82 Å². The Bertz CT molecular complexity index is 392. The van der Waals surface area contributed by atoms with E-state index in [1.807, 2.05) is 0 Å². The summed E-state index contributed by atoms with van der Waals surface area (Å²) in [6, 6.07) is 0.315. The summed E-state index contributed by atoms with van der Waals surface area (Å²) >= 11 is 3.63. The van der Waals surface area contributed by atoms with Crippen LogP contribution in [-0.2, 0) is 0 Å². The minimum Gasteiger partial charge on any atom is -0.348 e. The molecule has 0 aliphatic carbocycles. The number of hydrogen-bond donors (Lipinski definition) is 1. The maximum atomic E-state index is 11.6. The third-order valence-corrected chi connectivity index (χ3v) is 4.08. The second-order valence-corrected chi connectivity index (χ2v) is 5.01. The van der Waals surface area contributed by atoms with Gasteiger partial charge in [-0.2, -0.15) is 0 Å². The number of aromatic nitrogens is 2. The molecule has 2 atom stereocenters. The van der Waals surface area contributed by atoms with Crippen LogP contribution in [0.1, 0.15) is 19.8 Å². The van der Waals surface area contributed by atoms with Crippen LogP contribution in [0.25, 0.3) is 0 Å². The van der Waals surface area contributed by atoms with E-state index in [0.717, 1.165) is 19.4 Å². The van der Waals surface area contributed by atoms with Gasteiger partial charge in [-0.05, 0) is 19.8 Å². The van der Waals surface area contributed by atoms with E-state index in [0.29, 0.717) is 16.7 Å². The first kappa shape index (κ1) is 10.7. The van der Waals surface area contributed by atoms with E-state index >= 15 is 0 Å². The first-order chi connectivity index (χ1) is 7.20. The van der Waals surface area contributed by atoms with Crippen molar-refractivity contribution in [2.45, 2.75) is 30.6 Å². The van der Waals surface area contributed by atoms with Crippen LogP contribution in [0.2, 0.25) is 0 Å². The smallest absolute Gasteiger partial charge is 0.290 e. The summed E-state index contributed by atoms with van der Waals surface area (Å²) in [6.45, 7) is 3.02. The van der Waals surface area contributed by atoms with E-state index in [1.54, 1.807) is 12.4 Å². The lowest BCUT2D eigenvalue weighted by Crippen LogP contribution is -2.46. The molecule has 2 unspecified atom stereocenters. The van der Waals surface area contributed by atoms with Crippen molar-refractivity contribution in [1.82, 2.24) is 9.97 Å². The van der Waals surface area contributed by atoms with Crippen molar-refractivity contribution in [3.63, 3.8) is 0 Å². The zero-order chi connectivity index (χ0) is 10.8. The third-order valence-electron chi connectivity index (χ3n) is 2.85. The van der Waals surface area contributed by atoms with Gasteiger partial charge in [0, 0.05) is 29.8 Å². The van der Waals surface area contributed by atoms with Crippen molar-refractivity contribution >= 4 is 21.7 Å². The van der Waals surface area contributed by atoms with Gasteiger partial charge < -0.3 is 9.88 Å². The lowest BCUT2D eigenvalue weighted by atomic mass is 10.0. The molecule has 0 spiro atoms. The van der Waals surface area contributed by atoms with Gasteiger partial charge in [0.1, 0.15) is 0 Å². The van der Waals surface area contributed by atoms with Crippen LogP contribution >= 0.6 is 15.9 Å². The Labute approximate surface area is 96.8 Å². The summed E-state index contributed by atoms with van der Waals surface area (Å²) in [5.74, 6) is 0.536. The van der Waals surface area contributed by atoms with Gasteiger partial charge in [-0.3, -0.25) is 4.79 Å². The summed E-state index contributed by atoms with van der Waals surface area (Å²) in [4.78, 5) is 20.9. The Kier molecular flexibility index (Phi) is 3.09. The van der Waals surface area contributed by atoms with Crippen LogP contribution in [0, 0.1) is 0 Å². The van der Waals surface area contributed by atoms with E-state index < -0.39 is 0 Å². The van der Waals surface area contributed by atoms with E-state index in [-0.39, 0.29) is 5.56 Å². The third kappa shape index (κ3) is 2.07. The Morgan fingerprint density at radius 3 is 3.20 bits per heavy atom. The highest BCUT2D eigenvalue weighted by Crippen LogP contribution is 2.25. The van der Waals surface area contributed by atoms with Crippen LogP contribution in [0.5, 0.6) is 0 Å². The number of H-pyrrole nitrogens is 1. The van der Waals surface area contributed by atoms with Crippen molar-refractivity contribution in [2.24, 2.45) is 0 Å². The highest BCUT2D eigenvalue weighted by Gasteiger charge is 2.28. The molecule has 1 aromatic heterocycles. The lowest BCUT2D eigenvalue weighted by molar-refractivity contribution is 0.497. The zero-order valence-electron chi connectivity index (χ0n) is 8.61. The second-order valence-electron chi connectivity index (χ2n) is 3.83. The number of hydrogen-bond acceptors (Lipinski definition) is 3. The predicted molar refractivity (Wildman–Crippen MR) is 63.6 cm³/mol. The number of piperidine rings is 1. The quantitative estimate of drug-likeness (QED) is 0.788. The maximum Gasteiger partial charge on any atom is 0.290 e. The highest BCUT2D eigenvalue weighted by atomic mass is 79.9. The van der Waals surface area contributed by atoms with Crippen LogP contribution < -0.4 is 10.5 Å². The van der Waals surface area contributed by atoms with Gasteiger partial charge in [-0.1, -0.05) is 15.9 Å². The largest absolute Gasteiger partial charge is 0.348 e. The molecule has 1 aliphatic heterocycles. The molecule has 0 saturated carbocycles. The molecule has 15 heavy (non-hydrogen) atoms. The molecule has 0 aromatic carbocycles. The molecule has 2 rings (SSSR count). The van der Waals surface area contributed by atoms with Crippen molar-refractivity contribution in [1.29, 1.82) is 0 Å². The summed E-state index contributed by atoms with van der Waals surface area (Å²) in [7, 11) is 0. The van der Waals surface area contributed by atoms with Crippen LogP contribution in [0.15, 0.2) is 17.2 Å². The standard InChI is InChI=1S/C10H14BrN3O/c1-7-8(11)3-2-6-14(7)9-10(15)13-5-4-12-9/h4-5,7-8H,2-3,6H2,1H3,(H,13,15). The Hall–Kier alpha value is -0.840. The molecule has 0 bridgehead atoms. The number of anilines is 1. The molecule has 1 aromatic rings. The van der Waals surface area contributed by atoms with Crippen molar-refractivity contribution < 1.29 is 0 Å². The van der Waals surface area contributed by atoms with Gasteiger partial charge >= 0.3 is 0 Å². The molecule has 1 saturated heterocycles. The SMILES string of the molecule is CC1C(Br)CCCN1c1ncc[nH]c1=O. The predicted octanol–water partition coefficient (Wildman–Crippen LogP) is 1.52. The van der Waals surface area contributed by atoms with E-state index in [2.05, 4.69) is 37.7 Å². The molecule has 4 nitrogen and oxygen atoms in total. The molecule has 0 amide bonds. The summed E-state index contributed by atoms with van der Waals surface area (Å²) in [6.07, 6.45) is 5.44. The van der Waals surface area contributed by atoms with Crippen LogP contribution in [-0.4, -0.2) is 27.4 Å². The van der Waals surface area contributed by atoms with Crippen molar-refractivity contribution in [3.05, 3.63) is 22.7 Å². The first-order valence-electron chi connectivity index (χ1n) is 5.14. The van der Waals surface area contributed by atoms with E-state index in [9.17, 15) is 4.79 Å². The molecule has 2 heterocycles. The van der Waals surface area contributed by atoms with Crippen molar-refractivity contribution in [3.8, 4) is 0 Å². The van der Waals surface area contributed by atoms with E-state index in [4.69, 9.17) is 0 Å². The fraction of sp³-hybridized carbons (Fsp3) is 0.600. The number of rotatable bonds is 1.